The van der Waals surface area contributed by atoms with Crippen molar-refractivity contribution in [3.8, 4) is 0 Å². The number of hydrogen-bond acceptors (Lipinski definition) is 4. The van der Waals surface area contributed by atoms with E-state index in [4.69, 9.17) is 20.8 Å². The second-order valence-corrected chi connectivity index (χ2v) is 3.79. The van der Waals surface area contributed by atoms with Gasteiger partial charge in [-0.3, -0.25) is 0 Å². The van der Waals surface area contributed by atoms with Crippen molar-refractivity contribution in [2.75, 3.05) is 13.2 Å². The van der Waals surface area contributed by atoms with Gasteiger partial charge in [0.2, 0.25) is 12.0 Å². The van der Waals surface area contributed by atoms with Gasteiger partial charge in [-0.15, -0.1) is 4.99 Å². The zero-order chi connectivity index (χ0) is 10.7. The molecule has 80 valence electrons. The van der Waals surface area contributed by atoms with Crippen LogP contribution in [0.4, 0.5) is 5.88 Å². The lowest BCUT2D eigenvalue weighted by atomic mass is 9.98. The Hall–Kier alpha value is -1.09. The Kier molecular flexibility index (Phi) is 3.21. The van der Waals surface area contributed by atoms with Crippen molar-refractivity contribution in [3.05, 3.63) is 16.8 Å². The van der Waals surface area contributed by atoms with E-state index in [0.29, 0.717) is 24.0 Å². The topological polar surface area (TPSA) is 51.8 Å². The fourth-order valence-corrected chi connectivity index (χ4v) is 1.99. The summed E-state index contributed by atoms with van der Waals surface area (Å²) in [5, 5.41) is 0.524. The molecule has 0 atom stereocenters. The van der Waals surface area contributed by atoms with Gasteiger partial charge < -0.3 is 9.15 Å². The Morgan fingerprint density at radius 3 is 2.87 bits per heavy atom. The average molecular weight is 228 g/mol. The highest BCUT2D eigenvalue weighted by Crippen LogP contribution is 2.36. The van der Waals surface area contributed by atoms with Crippen LogP contribution in [0.5, 0.6) is 0 Å². The molecule has 0 spiro atoms. The van der Waals surface area contributed by atoms with Crippen LogP contribution in [-0.2, 0) is 9.53 Å². The molecule has 0 amide bonds. The molecule has 5 heteroatoms. The molecule has 4 nitrogen and oxygen atoms in total. The van der Waals surface area contributed by atoms with Crippen molar-refractivity contribution in [2.45, 2.75) is 18.8 Å². The molecule has 0 aliphatic carbocycles. The minimum atomic E-state index is 0.219. The molecule has 0 aromatic carbocycles. The van der Waals surface area contributed by atoms with Crippen LogP contribution in [0.2, 0.25) is 5.02 Å². The Bertz CT molecular complexity index is 389. The van der Waals surface area contributed by atoms with Gasteiger partial charge in [0.25, 0.3) is 0 Å². The molecule has 1 aromatic heterocycles. The van der Waals surface area contributed by atoms with Crippen LogP contribution in [0.25, 0.3) is 0 Å². The van der Waals surface area contributed by atoms with E-state index >= 15 is 0 Å². The normalized spacial score (nSPS) is 17.4. The molecule has 0 bridgehead atoms. The summed E-state index contributed by atoms with van der Waals surface area (Å²) < 4.78 is 10.6. The fourth-order valence-electron chi connectivity index (χ4n) is 1.71. The van der Waals surface area contributed by atoms with E-state index < -0.39 is 0 Å². The van der Waals surface area contributed by atoms with Gasteiger partial charge >= 0.3 is 0 Å². The summed E-state index contributed by atoms with van der Waals surface area (Å²) in [6, 6.07) is 1.54. The predicted octanol–water partition coefficient (Wildman–Crippen LogP) is 2.79. The molecule has 1 fully saturated rings. The van der Waals surface area contributed by atoms with Crippen molar-refractivity contribution in [3.63, 3.8) is 0 Å². The maximum Gasteiger partial charge on any atom is 0.243 e. The molecule has 1 aromatic rings. The lowest BCUT2D eigenvalue weighted by Crippen LogP contribution is -2.13. The fraction of sp³-hybridized carbons (Fsp3) is 0.500. The number of ether oxygens (including phenoxy) is 1. The first-order chi connectivity index (χ1) is 7.31. The lowest BCUT2D eigenvalue weighted by molar-refractivity contribution is 0.0808. The number of hydrogen-bond donors (Lipinski definition) is 0. The summed E-state index contributed by atoms with van der Waals surface area (Å²) in [6.07, 6.45) is 3.20. The Balaban J connectivity index is 2.22. The van der Waals surface area contributed by atoms with Crippen LogP contribution in [-0.4, -0.2) is 19.3 Å². The third-order valence-electron chi connectivity index (χ3n) is 2.45. The molecular formula is C10H10ClNO3. The molecule has 1 aliphatic rings. The highest BCUT2D eigenvalue weighted by molar-refractivity contribution is 6.31. The molecule has 1 aliphatic heterocycles. The highest BCUT2D eigenvalue weighted by Gasteiger charge is 2.22. The summed E-state index contributed by atoms with van der Waals surface area (Å²) in [4.78, 5) is 13.5. The van der Waals surface area contributed by atoms with E-state index in [1.807, 2.05) is 0 Å². The number of halogens is 1. The van der Waals surface area contributed by atoms with Crippen LogP contribution in [0.1, 0.15) is 24.5 Å². The van der Waals surface area contributed by atoms with Gasteiger partial charge in [0.1, 0.15) is 5.76 Å². The van der Waals surface area contributed by atoms with Crippen LogP contribution in [0, 0.1) is 0 Å². The van der Waals surface area contributed by atoms with Gasteiger partial charge in [-0.25, -0.2) is 4.79 Å². The average Bonchev–Trinajstić information content (AvgIpc) is 2.61. The summed E-state index contributed by atoms with van der Waals surface area (Å²) >= 11 is 5.99. The standard InChI is InChI=1S/C10H10ClNO3/c11-8-5-9(12-6-13)15-10(8)7-1-3-14-4-2-7/h5,7H,1-4H2. The van der Waals surface area contributed by atoms with Gasteiger partial charge in [0.15, 0.2) is 0 Å². The molecule has 0 saturated carbocycles. The van der Waals surface area contributed by atoms with E-state index in [2.05, 4.69) is 4.99 Å². The molecular weight excluding hydrogens is 218 g/mol. The molecule has 1 saturated heterocycles. The number of nitrogens with zero attached hydrogens (tertiary/aromatic N) is 1. The zero-order valence-electron chi connectivity index (χ0n) is 8.03. The Morgan fingerprint density at radius 2 is 2.20 bits per heavy atom. The van der Waals surface area contributed by atoms with Crippen molar-refractivity contribution >= 4 is 23.6 Å². The van der Waals surface area contributed by atoms with E-state index in [9.17, 15) is 4.79 Å². The van der Waals surface area contributed by atoms with Crippen molar-refractivity contribution in [2.24, 2.45) is 4.99 Å². The highest BCUT2D eigenvalue weighted by atomic mass is 35.5. The maximum absolute atomic E-state index is 10.1. The number of furan rings is 1. The van der Waals surface area contributed by atoms with E-state index in [1.54, 1.807) is 0 Å². The van der Waals surface area contributed by atoms with E-state index in [1.165, 1.54) is 12.1 Å². The number of isocyanates is 1. The molecule has 0 unspecified atom stereocenters. The van der Waals surface area contributed by atoms with E-state index in [0.717, 1.165) is 12.8 Å². The summed E-state index contributed by atoms with van der Waals surface area (Å²) in [5.41, 5.74) is 0. The summed E-state index contributed by atoms with van der Waals surface area (Å²) in [7, 11) is 0. The van der Waals surface area contributed by atoms with Gasteiger partial charge in [0, 0.05) is 25.2 Å². The predicted molar refractivity (Wildman–Crippen MR) is 54.3 cm³/mol. The minimum Gasteiger partial charge on any atom is -0.441 e. The second kappa shape index (κ2) is 4.62. The smallest absolute Gasteiger partial charge is 0.243 e. The lowest BCUT2D eigenvalue weighted by Gasteiger charge is -2.20. The molecule has 2 rings (SSSR count). The second-order valence-electron chi connectivity index (χ2n) is 3.39. The largest absolute Gasteiger partial charge is 0.441 e. The zero-order valence-corrected chi connectivity index (χ0v) is 8.79. The van der Waals surface area contributed by atoms with Gasteiger partial charge in [-0.05, 0) is 12.8 Å². The molecule has 15 heavy (non-hydrogen) atoms. The third-order valence-corrected chi connectivity index (χ3v) is 2.74. The van der Waals surface area contributed by atoms with Crippen molar-refractivity contribution in [1.29, 1.82) is 0 Å². The van der Waals surface area contributed by atoms with Crippen LogP contribution < -0.4 is 0 Å². The first kappa shape index (κ1) is 10.4. The van der Waals surface area contributed by atoms with Gasteiger partial charge in [0.05, 0.1) is 5.02 Å². The summed E-state index contributed by atoms with van der Waals surface area (Å²) in [5.74, 6) is 1.19. The SMILES string of the molecule is O=C=Nc1cc(Cl)c(C2CCOCC2)o1. The monoisotopic (exact) mass is 227 g/mol. The first-order valence-electron chi connectivity index (χ1n) is 4.76. The molecule has 2 heterocycles. The number of aliphatic imine (C=N–C) groups is 1. The van der Waals surface area contributed by atoms with Crippen molar-refractivity contribution < 1.29 is 13.9 Å². The molecule has 0 radical (unpaired) electrons. The van der Waals surface area contributed by atoms with Gasteiger partial charge in [-0.1, -0.05) is 11.6 Å². The quantitative estimate of drug-likeness (QED) is 0.577. The van der Waals surface area contributed by atoms with Crippen LogP contribution >= 0.6 is 11.6 Å². The maximum atomic E-state index is 10.1. The number of rotatable bonds is 2. The minimum absolute atomic E-state index is 0.219. The molecule has 0 N–H and O–H groups in total. The summed E-state index contributed by atoms with van der Waals surface area (Å²) in [6.45, 7) is 1.43. The van der Waals surface area contributed by atoms with E-state index in [-0.39, 0.29) is 11.8 Å². The Morgan fingerprint density at radius 1 is 1.47 bits per heavy atom. The van der Waals surface area contributed by atoms with Crippen LogP contribution in [0.15, 0.2) is 15.5 Å². The number of carbonyl (C=O) groups excluding carboxylic acids is 1. The first-order valence-corrected chi connectivity index (χ1v) is 5.14. The third kappa shape index (κ3) is 2.29. The van der Waals surface area contributed by atoms with Crippen LogP contribution in [0.3, 0.4) is 0 Å². The Labute approximate surface area is 91.9 Å². The van der Waals surface area contributed by atoms with Crippen molar-refractivity contribution in [1.82, 2.24) is 0 Å². The van der Waals surface area contributed by atoms with Gasteiger partial charge in [-0.2, -0.15) is 0 Å².